The van der Waals surface area contributed by atoms with E-state index < -0.39 is 0 Å². The molecule has 1 aromatic rings. The minimum Gasteiger partial charge on any atom is -0.496 e. The molecule has 1 N–H and O–H groups in total. The summed E-state index contributed by atoms with van der Waals surface area (Å²) < 4.78 is 5.42. The van der Waals surface area contributed by atoms with Gasteiger partial charge in [-0.05, 0) is 24.8 Å². The van der Waals surface area contributed by atoms with E-state index in [0.717, 1.165) is 18.8 Å². The number of rotatable bonds is 9. The summed E-state index contributed by atoms with van der Waals surface area (Å²) in [5.41, 5.74) is 2.90. The average molecular weight is 277 g/mol. The van der Waals surface area contributed by atoms with Crippen LogP contribution >= 0.6 is 0 Å². The minimum absolute atomic E-state index is 0.367. The molecule has 0 saturated carbocycles. The largest absolute Gasteiger partial charge is 0.496 e. The van der Waals surface area contributed by atoms with Crippen LogP contribution in [-0.4, -0.2) is 13.7 Å². The third kappa shape index (κ3) is 5.96. The van der Waals surface area contributed by atoms with E-state index in [1.165, 1.54) is 36.8 Å². The summed E-state index contributed by atoms with van der Waals surface area (Å²) in [6.07, 6.45) is 5.26. The highest BCUT2D eigenvalue weighted by Gasteiger charge is 2.16. The number of unbranched alkanes of at least 4 members (excludes halogenated alkanes) is 2. The second-order valence-electron chi connectivity index (χ2n) is 6.54. The van der Waals surface area contributed by atoms with Crippen LogP contribution in [0.15, 0.2) is 18.2 Å². The summed E-state index contributed by atoms with van der Waals surface area (Å²) in [6.45, 7) is 11.0. The first-order chi connectivity index (χ1) is 9.48. The molecule has 1 rings (SSSR count). The lowest BCUT2D eigenvalue weighted by atomic mass is 9.87. The number of nitrogens with one attached hydrogen (secondary N) is 1. The molecule has 0 spiro atoms. The van der Waals surface area contributed by atoms with E-state index in [0.29, 0.717) is 5.41 Å². The van der Waals surface area contributed by atoms with Crippen LogP contribution in [0.3, 0.4) is 0 Å². The molecule has 20 heavy (non-hydrogen) atoms. The van der Waals surface area contributed by atoms with Gasteiger partial charge < -0.3 is 10.1 Å². The standard InChI is InChI=1S/C18H31NO/c1-6-7-8-11-18(3,4)14-19-13-16-12-15(2)9-10-17(16)20-5/h9-10,12,19H,6-8,11,13-14H2,1-5H3. The smallest absolute Gasteiger partial charge is 0.123 e. The van der Waals surface area contributed by atoms with Crippen molar-refractivity contribution >= 4 is 0 Å². The van der Waals surface area contributed by atoms with Crippen LogP contribution in [0.4, 0.5) is 0 Å². The van der Waals surface area contributed by atoms with Crippen molar-refractivity contribution in [2.45, 2.75) is 59.9 Å². The van der Waals surface area contributed by atoms with Crippen LogP contribution in [0.25, 0.3) is 0 Å². The Hall–Kier alpha value is -1.02. The van der Waals surface area contributed by atoms with Crippen molar-refractivity contribution < 1.29 is 4.74 Å². The molecule has 0 heterocycles. The van der Waals surface area contributed by atoms with Crippen molar-refractivity contribution in [2.24, 2.45) is 5.41 Å². The van der Waals surface area contributed by atoms with E-state index in [1.54, 1.807) is 7.11 Å². The van der Waals surface area contributed by atoms with E-state index in [2.05, 4.69) is 51.2 Å². The zero-order chi connectivity index (χ0) is 15.0. The predicted molar refractivity (Wildman–Crippen MR) is 87.4 cm³/mol. The summed E-state index contributed by atoms with van der Waals surface area (Å²) in [7, 11) is 1.74. The molecule has 0 unspecified atom stereocenters. The molecule has 0 saturated heterocycles. The maximum absolute atomic E-state index is 5.42. The fourth-order valence-electron chi connectivity index (χ4n) is 2.52. The van der Waals surface area contributed by atoms with Crippen LogP contribution in [-0.2, 0) is 6.54 Å². The van der Waals surface area contributed by atoms with Crippen LogP contribution in [0.2, 0.25) is 0 Å². The summed E-state index contributed by atoms with van der Waals surface area (Å²) in [5.74, 6) is 0.979. The van der Waals surface area contributed by atoms with Crippen molar-refractivity contribution in [2.75, 3.05) is 13.7 Å². The molecule has 1 aromatic carbocycles. The third-order valence-electron chi connectivity index (χ3n) is 3.81. The molecule has 0 amide bonds. The first-order valence-corrected chi connectivity index (χ1v) is 7.83. The van der Waals surface area contributed by atoms with Gasteiger partial charge in [-0.1, -0.05) is 57.7 Å². The maximum Gasteiger partial charge on any atom is 0.123 e. The zero-order valence-corrected chi connectivity index (χ0v) is 13.9. The molecule has 0 aliphatic heterocycles. The number of ether oxygens (including phenoxy) is 1. The second kappa shape index (κ2) is 8.31. The van der Waals surface area contributed by atoms with Gasteiger partial charge in [0.2, 0.25) is 0 Å². The number of hydrogen-bond donors (Lipinski definition) is 1. The topological polar surface area (TPSA) is 21.3 Å². The van der Waals surface area contributed by atoms with Crippen molar-refractivity contribution in [3.8, 4) is 5.75 Å². The third-order valence-corrected chi connectivity index (χ3v) is 3.81. The lowest BCUT2D eigenvalue weighted by molar-refractivity contribution is 0.301. The highest BCUT2D eigenvalue weighted by molar-refractivity contribution is 5.36. The van der Waals surface area contributed by atoms with Crippen molar-refractivity contribution in [1.29, 1.82) is 0 Å². The van der Waals surface area contributed by atoms with Gasteiger partial charge in [0.1, 0.15) is 5.75 Å². The van der Waals surface area contributed by atoms with E-state index in [-0.39, 0.29) is 0 Å². The van der Waals surface area contributed by atoms with E-state index in [1.807, 2.05) is 0 Å². The number of aryl methyl sites for hydroxylation is 1. The molecule has 0 bridgehead atoms. The normalized spacial score (nSPS) is 11.7. The Morgan fingerprint density at radius 3 is 2.60 bits per heavy atom. The Morgan fingerprint density at radius 2 is 1.95 bits per heavy atom. The fourth-order valence-corrected chi connectivity index (χ4v) is 2.52. The summed E-state index contributed by atoms with van der Waals surface area (Å²) >= 11 is 0. The van der Waals surface area contributed by atoms with Gasteiger partial charge in [-0.2, -0.15) is 0 Å². The molecule has 0 radical (unpaired) electrons. The van der Waals surface area contributed by atoms with Gasteiger partial charge in [0, 0.05) is 18.7 Å². The van der Waals surface area contributed by atoms with Gasteiger partial charge in [0.15, 0.2) is 0 Å². The Bertz CT molecular complexity index is 398. The second-order valence-corrected chi connectivity index (χ2v) is 6.54. The molecule has 0 aliphatic carbocycles. The van der Waals surface area contributed by atoms with Gasteiger partial charge in [0.05, 0.1) is 7.11 Å². The summed E-state index contributed by atoms with van der Waals surface area (Å²) in [4.78, 5) is 0. The first-order valence-electron chi connectivity index (χ1n) is 7.83. The number of hydrogen-bond acceptors (Lipinski definition) is 2. The molecule has 114 valence electrons. The highest BCUT2D eigenvalue weighted by Crippen LogP contribution is 2.24. The lowest BCUT2D eigenvalue weighted by Gasteiger charge is -2.25. The van der Waals surface area contributed by atoms with Crippen LogP contribution in [0.1, 0.15) is 57.6 Å². The predicted octanol–water partition coefficient (Wildman–Crippen LogP) is 4.70. The first kappa shape index (κ1) is 17.0. The Balaban J connectivity index is 2.45. The van der Waals surface area contributed by atoms with Crippen LogP contribution in [0, 0.1) is 12.3 Å². The lowest BCUT2D eigenvalue weighted by Crippen LogP contribution is -2.29. The molecule has 0 fully saturated rings. The summed E-state index contributed by atoms with van der Waals surface area (Å²) in [5, 5.41) is 3.59. The van der Waals surface area contributed by atoms with Crippen molar-refractivity contribution in [3.63, 3.8) is 0 Å². The van der Waals surface area contributed by atoms with Gasteiger partial charge >= 0.3 is 0 Å². The molecular weight excluding hydrogens is 246 g/mol. The summed E-state index contributed by atoms with van der Waals surface area (Å²) in [6, 6.07) is 6.35. The van der Waals surface area contributed by atoms with E-state index in [9.17, 15) is 0 Å². The molecular formula is C18H31NO. The van der Waals surface area contributed by atoms with Gasteiger partial charge in [0.25, 0.3) is 0 Å². The SMILES string of the molecule is CCCCCC(C)(C)CNCc1cc(C)ccc1OC. The average Bonchev–Trinajstić information content (AvgIpc) is 2.39. The van der Waals surface area contributed by atoms with Crippen molar-refractivity contribution in [3.05, 3.63) is 29.3 Å². The Labute approximate surface area is 124 Å². The molecule has 0 atom stereocenters. The molecule has 2 heteroatoms. The number of methoxy groups -OCH3 is 1. The minimum atomic E-state index is 0.367. The Kier molecular flexibility index (Phi) is 7.08. The van der Waals surface area contributed by atoms with Gasteiger partial charge in [-0.3, -0.25) is 0 Å². The van der Waals surface area contributed by atoms with E-state index >= 15 is 0 Å². The molecule has 2 nitrogen and oxygen atoms in total. The maximum atomic E-state index is 5.42. The van der Waals surface area contributed by atoms with Gasteiger partial charge in [-0.15, -0.1) is 0 Å². The van der Waals surface area contributed by atoms with Crippen molar-refractivity contribution in [1.82, 2.24) is 5.32 Å². The monoisotopic (exact) mass is 277 g/mol. The van der Waals surface area contributed by atoms with Crippen LogP contribution in [0.5, 0.6) is 5.75 Å². The Morgan fingerprint density at radius 1 is 1.20 bits per heavy atom. The zero-order valence-electron chi connectivity index (χ0n) is 13.9. The van der Waals surface area contributed by atoms with Crippen LogP contribution < -0.4 is 10.1 Å². The highest BCUT2D eigenvalue weighted by atomic mass is 16.5. The fraction of sp³-hybridized carbons (Fsp3) is 0.667. The van der Waals surface area contributed by atoms with Gasteiger partial charge in [-0.25, -0.2) is 0 Å². The quantitative estimate of drug-likeness (QED) is 0.661. The number of benzene rings is 1. The molecule has 0 aliphatic rings. The van der Waals surface area contributed by atoms with E-state index in [4.69, 9.17) is 4.74 Å². The molecule has 0 aromatic heterocycles.